The lowest BCUT2D eigenvalue weighted by Crippen LogP contribution is -2.06. The Hall–Kier alpha value is -9.80. The number of fused-ring (bicyclic) bond motifs is 12. The van der Waals surface area contributed by atoms with E-state index in [0.717, 1.165) is 118 Å². The molecule has 0 N–H and O–H groups in total. The summed E-state index contributed by atoms with van der Waals surface area (Å²) in [4.78, 5) is 0. The van der Waals surface area contributed by atoms with E-state index in [0.29, 0.717) is 11.1 Å². The molecule has 6 nitrogen and oxygen atoms in total. The van der Waals surface area contributed by atoms with Crippen molar-refractivity contribution in [1.82, 2.24) is 18.3 Å². The van der Waals surface area contributed by atoms with Gasteiger partial charge in [-0.15, -0.1) is 6.42 Å². The van der Waals surface area contributed by atoms with Gasteiger partial charge in [-0.05, 0) is 127 Å². The molecule has 330 valence electrons. The molecule has 0 saturated carbocycles. The Balaban J connectivity index is 0.941. The van der Waals surface area contributed by atoms with Gasteiger partial charge in [0.1, 0.15) is 12.1 Å². The van der Waals surface area contributed by atoms with E-state index >= 15 is 0 Å². The molecule has 1 aliphatic rings. The zero-order chi connectivity index (χ0) is 47.5. The Kier molecular flexibility index (Phi) is 8.71. The fraction of sp³-hybridized carbons (Fsp3) is 0.0462. The van der Waals surface area contributed by atoms with E-state index in [1.165, 1.54) is 27.4 Å². The highest BCUT2D eigenvalue weighted by molar-refractivity contribution is 6.13. The molecule has 0 spiro atoms. The standard InChI is InChI=1S/C65H40N6/c1-3-41-32-40(2)62(36-63(41)69-54-22-10-4-16-46(54)47-17-5-11-23-55(47)69)68-58-26-14-8-20-50(58)52-34-42(28-30-60(52)68)43-29-31-61-53(35-43)51-21-9-15-27-59(51)71(61)65-37-64(44(38-66)33-45(65)39-67)70-56-24-12-6-18-48(56)49-19-7-13-25-57(49)70/h1,4-7,9-19,21-37H,8,20H2,2H3. The molecular formula is C65H40N6. The number of nitriles is 2. The summed E-state index contributed by atoms with van der Waals surface area (Å²) < 4.78 is 9.12. The van der Waals surface area contributed by atoms with Crippen molar-refractivity contribution in [3.63, 3.8) is 0 Å². The molecule has 14 rings (SSSR count). The van der Waals surface area contributed by atoms with Crippen molar-refractivity contribution in [2.45, 2.75) is 19.8 Å². The van der Waals surface area contributed by atoms with E-state index in [-0.39, 0.29) is 0 Å². The zero-order valence-electron chi connectivity index (χ0n) is 38.7. The van der Waals surface area contributed by atoms with Crippen LogP contribution >= 0.6 is 0 Å². The van der Waals surface area contributed by atoms with Gasteiger partial charge in [0, 0.05) is 49.0 Å². The number of hydrogen-bond donors (Lipinski definition) is 0. The van der Waals surface area contributed by atoms with Crippen LogP contribution < -0.4 is 0 Å². The molecule has 0 saturated heterocycles. The van der Waals surface area contributed by atoms with Gasteiger partial charge in [0.2, 0.25) is 0 Å². The molecular weight excluding hydrogens is 865 g/mol. The van der Waals surface area contributed by atoms with Crippen LogP contribution in [0.1, 0.15) is 39.9 Å². The predicted molar refractivity (Wildman–Crippen MR) is 291 cm³/mol. The summed E-state index contributed by atoms with van der Waals surface area (Å²) in [6.45, 7) is 2.17. The number of para-hydroxylation sites is 5. The number of hydrogen-bond acceptors (Lipinski definition) is 2. The molecule has 0 unspecified atom stereocenters. The van der Waals surface area contributed by atoms with Crippen molar-refractivity contribution in [2.75, 3.05) is 0 Å². The normalized spacial score (nSPS) is 12.4. The summed E-state index contributed by atoms with van der Waals surface area (Å²) in [5.74, 6) is 3.04. The van der Waals surface area contributed by atoms with E-state index in [9.17, 15) is 10.5 Å². The maximum Gasteiger partial charge on any atom is 0.101 e. The van der Waals surface area contributed by atoms with E-state index in [1.807, 2.05) is 36.4 Å². The van der Waals surface area contributed by atoms with Crippen LogP contribution in [0.15, 0.2) is 188 Å². The summed E-state index contributed by atoms with van der Waals surface area (Å²) in [7, 11) is 0. The van der Waals surface area contributed by atoms with Crippen LogP contribution in [0.5, 0.6) is 0 Å². The molecule has 0 fully saturated rings. The second kappa shape index (κ2) is 15.4. The average molecular weight is 905 g/mol. The first-order chi connectivity index (χ1) is 35.0. The molecule has 0 atom stereocenters. The van der Waals surface area contributed by atoms with Crippen molar-refractivity contribution >= 4 is 82.4 Å². The Bertz CT molecular complexity index is 4530. The lowest BCUT2D eigenvalue weighted by Gasteiger charge is -2.18. The van der Waals surface area contributed by atoms with Crippen LogP contribution in [0.4, 0.5) is 0 Å². The summed E-state index contributed by atoms with van der Waals surface area (Å²) in [5.41, 5.74) is 18.5. The molecule has 6 heteroatoms. The number of benzene rings is 9. The van der Waals surface area contributed by atoms with Crippen LogP contribution in [0.3, 0.4) is 0 Å². The van der Waals surface area contributed by atoms with Crippen molar-refractivity contribution in [3.8, 4) is 58.4 Å². The molecule has 0 aliphatic heterocycles. The second-order valence-corrected chi connectivity index (χ2v) is 18.6. The molecule has 4 aromatic heterocycles. The van der Waals surface area contributed by atoms with Crippen molar-refractivity contribution in [2.24, 2.45) is 0 Å². The number of terminal acetylenes is 1. The third-order valence-corrected chi connectivity index (χ3v) is 14.9. The second-order valence-electron chi connectivity index (χ2n) is 18.6. The summed E-state index contributed by atoms with van der Waals surface area (Å²) in [5, 5.41) is 29.4. The maximum absolute atomic E-state index is 10.8. The topological polar surface area (TPSA) is 67.3 Å². The van der Waals surface area contributed by atoms with Gasteiger partial charge in [0.05, 0.1) is 72.5 Å². The fourth-order valence-corrected chi connectivity index (χ4v) is 11.8. The van der Waals surface area contributed by atoms with Gasteiger partial charge in [0.25, 0.3) is 0 Å². The summed E-state index contributed by atoms with van der Waals surface area (Å²) >= 11 is 0. The molecule has 4 heterocycles. The SMILES string of the molecule is C#Cc1cc(C)c(-n2c3c(c4cc(-c5ccc6c(c5)c5ccccc5n6-c5cc(-n6c7ccccc7c7ccccc76)c(C#N)cc5C#N)ccc42)CCC=C3)cc1-n1c2ccccc2c2ccccc21. The van der Waals surface area contributed by atoms with Gasteiger partial charge in [-0.1, -0.05) is 115 Å². The van der Waals surface area contributed by atoms with E-state index in [2.05, 4.69) is 195 Å². The Morgan fingerprint density at radius 2 is 0.817 bits per heavy atom. The van der Waals surface area contributed by atoms with Crippen LogP contribution in [-0.4, -0.2) is 18.3 Å². The van der Waals surface area contributed by atoms with Gasteiger partial charge >= 0.3 is 0 Å². The number of aromatic nitrogens is 4. The molecule has 71 heavy (non-hydrogen) atoms. The highest BCUT2D eigenvalue weighted by atomic mass is 15.0. The molecule has 9 aromatic carbocycles. The molecule has 0 bridgehead atoms. The molecule has 0 radical (unpaired) electrons. The lowest BCUT2D eigenvalue weighted by molar-refractivity contribution is 0.963. The Morgan fingerprint density at radius 1 is 0.408 bits per heavy atom. The van der Waals surface area contributed by atoms with Crippen molar-refractivity contribution in [3.05, 3.63) is 222 Å². The Morgan fingerprint density at radius 3 is 1.30 bits per heavy atom. The van der Waals surface area contributed by atoms with Gasteiger partial charge in [-0.3, -0.25) is 0 Å². The highest BCUT2D eigenvalue weighted by Gasteiger charge is 2.25. The first-order valence-corrected chi connectivity index (χ1v) is 24.0. The monoisotopic (exact) mass is 904 g/mol. The van der Waals surface area contributed by atoms with E-state index < -0.39 is 0 Å². The first-order valence-electron chi connectivity index (χ1n) is 24.0. The number of nitrogens with zero attached hydrogens (tertiary/aromatic N) is 6. The summed E-state index contributed by atoms with van der Waals surface area (Å²) in [6.07, 6.45) is 12.8. The molecule has 0 amide bonds. The van der Waals surface area contributed by atoms with Crippen LogP contribution in [0, 0.1) is 41.9 Å². The van der Waals surface area contributed by atoms with Crippen molar-refractivity contribution in [1.29, 1.82) is 10.5 Å². The largest absolute Gasteiger partial charge is 0.309 e. The quantitative estimate of drug-likeness (QED) is 0.162. The van der Waals surface area contributed by atoms with Crippen LogP contribution in [0.2, 0.25) is 0 Å². The number of allylic oxidation sites excluding steroid dienone is 1. The Labute approximate surface area is 409 Å². The zero-order valence-corrected chi connectivity index (χ0v) is 38.7. The minimum absolute atomic E-state index is 0.429. The third kappa shape index (κ3) is 5.76. The molecule has 1 aliphatic carbocycles. The first kappa shape index (κ1) is 40.3. The lowest BCUT2D eigenvalue weighted by atomic mass is 9.97. The fourth-order valence-electron chi connectivity index (χ4n) is 11.8. The maximum atomic E-state index is 10.8. The van der Waals surface area contributed by atoms with Gasteiger partial charge in [-0.25, -0.2) is 0 Å². The number of aryl methyl sites for hydroxylation is 2. The minimum Gasteiger partial charge on any atom is -0.309 e. The van der Waals surface area contributed by atoms with Gasteiger partial charge < -0.3 is 18.3 Å². The smallest absolute Gasteiger partial charge is 0.101 e. The van der Waals surface area contributed by atoms with Gasteiger partial charge in [0.15, 0.2) is 0 Å². The highest BCUT2D eigenvalue weighted by Crippen LogP contribution is 2.43. The van der Waals surface area contributed by atoms with Gasteiger partial charge in [-0.2, -0.15) is 10.5 Å². The van der Waals surface area contributed by atoms with Crippen molar-refractivity contribution < 1.29 is 0 Å². The minimum atomic E-state index is 0.429. The van der Waals surface area contributed by atoms with E-state index in [4.69, 9.17) is 6.42 Å². The predicted octanol–water partition coefficient (Wildman–Crippen LogP) is 15.6. The average Bonchev–Trinajstić information content (AvgIpc) is 4.15. The molecule has 13 aromatic rings. The third-order valence-electron chi connectivity index (χ3n) is 14.9. The van der Waals surface area contributed by atoms with Crippen LogP contribution in [0.25, 0.3) is 116 Å². The number of rotatable bonds is 5. The van der Waals surface area contributed by atoms with E-state index in [1.54, 1.807) is 6.07 Å². The van der Waals surface area contributed by atoms with Crippen LogP contribution in [-0.2, 0) is 6.42 Å². The summed E-state index contributed by atoms with van der Waals surface area (Å²) in [6, 6.07) is 68.8.